The van der Waals surface area contributed by atoms with Gasteiger partial charge in [-0.1, -0.05) is 48.5 Å². The minimum Gasteiger partial charge on any atom is -0.264 e. The summed E-state index contributed by atoms with van der Waals surface area (Å²) in [5.41, 5.74) is 23.4. The van der Waals surface area contributed by atoms with Crippen LogP contribution in [0.3, 0.4) is 0 Å². The Hall–Kier alpha value is -9.75. The molecule has 0 aliphatic rings. The minimum atomic E-state index is 0.926. The molecule has 12 aromatic rings. The van der Waals surface area contributed by atoms with Gasteiger partial charge in [-0.15, -0.1) is 0 Å². The normalized spacial score (nSPS) is 9.90. The van der Waals surface area contributed by atoms with Crippen LogP contribution in [0.1, 0.15) is 90.1 Å². The summed E-state index contributed by atoms with van der Waals surface area (Å²) in [7, 11) is 0. The molecule has 84 heavy (non-hydrogen) atoms. The highest BCUT2D eigenvalue weighted by Gasteiger charge is 2.04. The van der Waals surface area contributed by atoms with Crippen LogP contribution in [0.25, 0.3) is 44.6 Å². The molecule has 11 heterocycles. The minimum absolute atomic E-state index is 0.926. The van der Waals surface area contributed by atoms with Gasteiger partial charge < -0.3 is 0 Å². The third-order valence-corrected chi connectivity index (χ3v) is 11.9. The van der Waals surface area contributed by atoms with Crippen molar-refractivity contribution >= 4 is 21.8 Å². The molecule has 0 amide bonds. The monoisotopic (exact) mass is 1110 g/mol. The number of aromatic nitrogens is 13. The number of hydrogen-bond acceptors (Lipinski definition) is 13. The summed E-state index contributed by atoms with van der Waals surface area (Å²) in [6.45, 7) is 32.0. The predicted octanol–water partition coefficient (Wildman–Crippen LogP) is 16.2. The maximum atomic E-state index is 4.48. The fourth-order valence-corrected chi connectivity index (χ4v) is 7.48. The molecule has 1 aromatic carbocycles. The number of hydrogen-bond donors (Lipinski definition) is 0. The van der Waals surface area contributed by atoms with E-state index in [9.17, 15) is 0 Å². The quantitative estimate of drug-likeness (QED) is 0.150. The summed E-state index contributed by atoms with van der Waals surface area (Å²) < 4.78 is 0. The van der Waals surface area contributed by atoms with E-state index in [1.807, 2.05) is 225 Å². The summed E-state index contributed by atoms with van der Waals surface area (Å²) in [6.07, 6.45) is 18.4. The maximum absolute atomic E-state index is 4.48. The van der Waals surface area contributed by atoms with Gasteiger partial charge in [-0.25, -0.2) is 0 Å². The van der Waals surface area contributed by atoms with E-state index in [0.29, 0.717) is 0 Å². The fraction of sp³-hybridized carbons (Fsp3) is 0.225. The van der Waals surface area contributed by atoms with Crippen LogP contribution in [-0.4, -0.2) is 65.0 Å². The van der Waals surface area contributed by atoms with Crippen LogP contribution >= 0.6 is 0 Å². The first-order chi connectivity index (χ1) is 40.2. The van der Waals surface area contributed by atoms with Gasteiger partial charge in [0, 0.05) is 95.5 Å². The average molecular weight is 1110 g/mol. The third kappa shape index (κ3) is 24.1. The molecular formula is C71H79N13. The van der Waals surface area contributed by atoms with Crippen molar-refractivity contribution in [3.63, 3.8) is 0 Å². The zero-order chi connectivity index (χ0) is 61.0. The van der Waals surface area contributed by atoms with Crippen molar-refractivity contribution < 1.29 is 0 Å². The van der Waals surface area contributed by atoms with E-state index in [4.69, 9.17) is 0 Å². The molecule has 0 radical (unpaired) electrons. The zero-order valence-corrected chi connectivity index (χ0v) is 51.7. The lowest BCUT2D eigenvalue weighted by Crippen LogP contribution is -1.90. The van der Waals surface area contributed by atoms with Crippen molar-refractivity contribution in [3.8, 4) is 22.8 Å². The van der Waals surface area contributed by atoms with Gasteiger partial charge in [0.15, 0.2) is 0 Å². The second kappa shape index (κ2) is 33.9. The molecular weight excluding hydrogens is 1030 g/mol. The highest BCUT2D eigenvalue weighted by molar-refractivity contribution is 6.02. The predicted molar refractivity (Wildman–Crippen MR) is 345 cm³/mol. The largest absolute Gasteiger partial charge is 0.264 e. The first-order valence-electron chi connectivity index (χ1n) is 27.7. The molecule has 0 saturated carbocycles. The Morgan fingerprint density at radius 1 is 0.226 bits per heavy atom. The number of benzene rings is 1. The van der Waals surface area contributed by atoms with E-state index in [1.54, 1.807) is 12.4 Å². The molecule has 0 N–H and O–H groups in total. The van der Waals surface area contributed by atoms with Crippen LogP contribution in [0.5, 0.6) is 0 Å². The topological polar surface area (TPSA) is 168 Å². The van der Waals surface area contributed by atoms with Crippen molar-refractivity contribution in [2.24, 2.45) is 0 Å². The van der Waals surface area contributed by atoms with Gasteiger partial charge in [0.25, 0.3) is 0 Å². The first kappa shape index (κ1) is 65.1. The Labute approximate surface area is 497 Å². The summed E-state index contributed by atoms with van der Waals surface area (Å²) in [4.78, 5) is 46.6. The van der Waals surface area contributed by atoms with Crippen LogP contribution < -0.4 is 0 Å². The van der Waals surface area contributed by atoms with Gasteiger partial charge in [-0.3, -0.25) is 54.8 Å². The third-order valence-electron chi connectivity index (χ3n) is 11.9. The molecule has 0 atom stereocenters. The van der Waals surface area contributed by atoms with Crippen molar-refractivity contribution in [1.29, 1.82) is 0 Å². The number of pyridine rings is 9. The highest BCUT2D eigenvalue weighted by Crippen LogP contribution is 2.23. The first-order valence-corrected chi connectivity index (χ1v) is 27.7. The van der Waals surface area contributed by atoms with Crippen LogP contribution in [0.2, 0.25) is 0 Å². The van der Waals surface area contributed by atoms with Crippen LogP contribution in [-0.2, 0) is 0 Å². The average Bonchev–Trinajstić information content (AvgIpc) is 3.68. The maximum Gasteiger partial charge on any atom is 0.0964 e. The van der Waals surface area contributed by atoms with E-state index in [0.717, 1.165) is 90.1 Å². The van der Waals surface area contributed by atoms with Gasteiger partial charge in [-0.05, 0) is 234 Å². The summed E-state index contributed by atoms with van der Waals surface area (Å²) in [5.74, 6) is 0. The number of rotatable bonds is 2. The molecule has 13 heteroatoms. The summed E-state index contributed by atoms with van der Waals surface area (Å²) in [5, 5.41) is 9.97. The molecule has 0 aliphatic heterocycles. The lowest BCUT2D eigenvalue weighted by molar-refractivity contribution is 0.941. The molecule has 0 fully saturated rings. The van der Waals surface area contributed by atoms with Crippen LogP contribution in [0.4, 0.5) is 0 Å². The van der Waals surface area contributed by atoms with Crippen LogP contribution in [0.15, 0.2) is 189 Å². The zero-order valence-electron chi connectivity index (χ0n) is 51.7. The molecule has 428 valence electrons. The van der Waals surface area contributed by atoms with Gasteiger partial charge in [0.05, 0.1) is 56.6 Å². The number of nitrogens with zero attached hydrogens (tertiary/aromatic N) is 13. The SMILES string of the molecule is Cc1ccc(-c2ccc(C)cn2)nc1.Cc1ccc(C)nc1.Cc1ccc(C)nn1.Cc1cccc(-c2cccc(C)n2)n1.Cc1ccnc(C)c1.Cc1cnc(C)cn1.Cc1cnc2c(ccc3cc(C)cnc32)c1.Cc1cncc(C)c1. The van der Waals surface area contributed by atoms with E-state index < -0.39 is 0 Å². The van der Waals surface area contributed by atoms with Crippen molar-refractivity contribution in [2.75, 3.05) is 0 Å². The molecule has 0 bridgehead atoms. The molecule has 11 aromatic heterocycles. The molecule has 12 rings (SSSR count). The standard InChI is InChI=1S/C14H12N2.2C12H12N2.3C7H9N.2C6H8N2/c1-9-5-11-3-4-12-6-10(2)8-16-14(12)13(11)15-7-9;1-9-3-5-11(13-7-9)12-6-4-10(2)8-14-12;1-9-5-3-7-11(13-9)12-8-4-6-10(2)14-12;1-6-3-7(2)5-8-4-6;1-6-3-4-8-7(2)5-6;1-6-3-4-7(2)8-5-6;1-5-3-8-6(2)4-7-5;1-5-3-4-6(2)8-7-5/h3-8H,1-2H3;2*3-8H,1-2H3;3*3-5H,1-2H3;2*3-4H,1-2H3. The van der Waals surface area contributed by atoms with Crippen molar-refractivity contribution in [3.05, 3.63) is 279 Å². The van der Waals surface area contributed by atoms with Gasteiger partial charge in [-0.2, -0.15) is 10.2 Å². The second-order valence-electron chi connectivity index (χ2n) is 20.6. The molecule has 0 unspecified atom stereocenters. The van der Waals surface area contributed by atoms with Crippen molar-refractivity contribution in [1.82, 2.24) is 65.0 Å². The molecule has 0 aliphatic carbocycles. The number of fused-ring (bicyclic) bond motifs is 3. The van der Waals surface area contributed by atoms with E-state index in [2.05, 4.69) is 128 Å². The molecule has 0 saturated heterocycles. The highest BCUT2D eigenvalue weighted by atomic mass is 15.1. The molecule has 13 nitrogen and oxygen atoms in total. The summed E-state index contributed by atoms with van der Waals surface area (Å²) in [6, 6.07) is 42.6. The Bertz CT molecular complexity index is 3500. The van der Waals surface area contributed by atoms with Crippen LogP contribution in [0, 0.1) is 111 Å². The van der Waals surface area contributed by atoms with Gasteiger partial charge >= 0.3 is 0 Å². The second-order valence-corrected chi connectivity index (χ2v) is 20.6. The fourth-order valence-electron chi connectivity index (χ4n) is 7.48. The Balaban J connectivity index is 0.000000179. The lowest BCUT2D eigenvalue weighted by atomic mass is 10.1. The summed E-state index contributed by atoms with van der Waals surface area (Å²) >= 11 is 0. The number of aryl methyl sites for hydroxylation is 16. The van der Waals surface area contributed by atoms with E-state index in [-0.39, 0.29) is 0 Å². The van der Waals surface area contributed by atoms with Gasteiger partial charge in [0.2, 0.25) is 0 Å². The lowest BCUT2D eigenvalue weighted by Gasteiger charge is -2.03. The van der Waals surface area contributed by atoms with Gasteiger partial charge in [0.1, 0.15) is 0 Å². The van der Waals surface area contributed by atoms with E-state index in [1.165, 1.54) is 44.5 Å². The van der Waals surface area contributed by atoms with Crippen molar-refractivity contribution in [2.45, 2.75) is 111 Å². The Morgan fingerprint density at radius 2 is 0.631 bits per heavy atom. The van der Waals surface area contributed by atoms with E-state index >= 15 is 0 Å². The smallest absolute Gasteiger partial charge is 0.0964 e. The Kier molecular flexibility index (Phi) is 26.2. The molecule has 0 spiro atoms. The Morgan fingerprint density at radius 3 is 0.952 bits per heavy atom.